The molecule has 88 valence electrons. The molecule has 2 nitrogen and oxygen atoms in total. The Morgan fingerprint density at radius 2 is 1.88 bits per heavy atom. The summed E-state index contributed by atoms with van der Waals surface area (Å²) >= 11 is 8.11. The zero-order valence-electron chi connectivity index (χ0n) is 9.04. The van der Waals surface area contributed by atoms with Crippen LogP contribution in [0.25, 0.3) is 0 Å². The third kappa shape index (κ3) is 3.13. The third-order valence-corrected chi connectivity index (χ3v) is 4.18. The van der Waals surface area contributed by atoms with Crippen molar-refractivity contribution in [3.8, 4) is 0 Å². The van der Waals surface area contributed by atoms with Gasteiger partial charge in [0.1, 0.15) is 16.8 Å². The second-order valence-electron chi connectivity index (χ2n) is 3.63. The normalized spacial score (nSPS) is 10.6. The van der Waals surface area contributed by atoms with E-state index in [2.05, 4.69) is 32.6 Å². The van der Waals surface area contributed by atoms with E-state index in [1.54, 1.807) is 12.1 Å². The molecular weight excluding hydrogens is 354 g/mol. The maximum atomic E-state index is 12.8. The first kappa shape index (κ1) is 12.7. The van der Waals surface area contributed by atoms with Crippen LogP contribution in [0.5, 0.6) is 0 Å². The molecule has 0 saturated heterocycles. The lowest BCUT2D eigenvalue weighted by Crippen LogP contribution is -2.01. The molecule has 5 heteroatoms. The van der Waals surface area contributed by atoms with E-state index in [1.807, 2.05) is 6.92 Å². The largest absolute Gasteiger partial charge is 0.237 e. The Hall–Kier alpha value is -0.750. The van der Waals surface area contributed by atoms with Crippen LogP contribution in [0.1, 0.15) is 17.1 Å². The third-order valence-electron chi connectivity index (χ3n) is 2.30. The van der Waals surface area contributed by atoms with E-state index in [-0.39, 0.29) is 5.82 Å². The molecule has 0 unspecified atom stereocenters. The number of benzene rings is 1. The summed E-state index contributed by atoms with van der Waals surface area (Å²) in [5.74, 6) is 0.408. The average Bonchev–Trinajstić information content (AvgIpc) is 2.29. The number of halogens is 3. The van der Waals surface area contributed by atoms with Crippen LogP contribution >= 0.6 is 34.2 Å². The summed E-state index contributed by atoms with van der Waals surface area (Å²) in [6.45, 7) is 1.89. The lowest BCUT2D eigenvalue weighted by Gasteiger charge is -2.05. The summed E-state index contributed by atoms with van der Waals surface area (Å²) in [6.07, 6.45) is 0.553. The van der Waals surface area contributed by atoms with Crippen molar-refractivity contribution in [2.24, 2.45) is 0 Å². The minimum atomic E-state index is -0.244. The molecule has 0 radical (unpaired) electrons. The van der Waals surface area contributed by atoms with Crippen molar-refractivity contribution >= 4 is 34.2 Å². The van der Waals surface area contributed by atoms with Gasteiger partial charge in [-0.1, -0.05) is 23.7 Å². The topological polar surface area (TPSA) is 25.8 Å². The summed E-state index contributed by atoms with van der Waals surface area (Å²) in [7, 11) is 0. The summed E-state index contributed by atoms with van der Waals surface area (Å²) in [4.78, 5) is 8.56. The van der Waals surface area contributed by atoms with Gasteiger partial charge in [0.25, 0.3) is 0 Å². The van der Waals surface area contributed by atoms with Gasteiger partial charge >= 0.3 is 0 Å². The van der Waals surface area contributed by atoms with Crippen LogP contribution in [-0.2, 0) is 6.42 Å². The lowest BCUT2D eigenvalue weighted by atomic mass is 10.1. The van der Waals surface area contributed by atoms with Crippen LogP contribution in [0.3, 0.4) is 0 Å². The highest BCUT2D eigenvalue weighted by molar-refractivity contribution is 14.1. The first-order valence-corrected chi connectivity index (χ1v) is 6.45. The van der Waals surface area contributed by atoms with Crippen LogP contribution in [0.4, 0.5) is 4.39 Å². The van der Waals surface area contributed by atoms with Crippen LogP contribution in [0.15, 0.2) is 24.3 Å². The van der Waals surface area contributed by atoms with Gasteiger partial charge in [0.2, 0.25) is 0 Å². The first-order valence-electron chi connectivity index (χ1n) is 4.99. The van der Waals surface area contributed by atoms with Gasteiger partial charge in [-0.25, -0.2) is 14.4 Å². The molecule has 0 N–H and O–H groups in total. The molecule has 0 aliphatic heterocycles. The molecular formula is C12H9ClFIN2. The second-order valence-corrected chi connectivity index (χ2v) is 5.07. The van der Waals surface area contributed by atoms with E-state index in [0.29, 0.717) is 17.4 Å². The molecule has 0 saturated carbocycles. The number of aromatic nitrogens is 2. The highest BCUT2D eigenvalue weighted by Gasteiger charge is 2.07. The maximum absolute atomic E-state index is 12.8. The van der Waals surface area contributed by atoms with Gasteiger partial charge in [-0.2, -0.15) is 0 Å². The number of aryl methyl sites for hydroxylation is 1. The molecule has 2 aromatic rings. The van der Waals surface area contributed by atoms with Gasteiger partial charge in [-0.15, -0.1) is 0 Å². The van der Waals surface area contributed by atoms with Crippen molar-refractivity contribution in [2.75, 3.05) is 0 Å². The summed E-state index contributed by atoms with van der Waals surface area (Å²) in [6, 6.07) is 6.30. The minimum Gasteiger partial charge on any atom is -0.237 e. The number of hydrogen-bond acceptors (Lipinski definition) is 2. The summed E-state index contributed by atoms with van der Waals surface area (Å²) in [5.41, 5.74) is 1.82. The van der Waals surface area contributed by atoms with Gasteiger partial charge in [0, 0.05) is 6.42 Å². The Kier molecular flexibility index (Phi) is 3.93. The molecule has 0 spiro atoms. The van der Waals surface area contributed by atoms with E-state index < -0.39 is 0 Å². The Labute approximate surface area is 117 Å². The molecule has 17 heavy (non-hydrogen) atoms. The summed E-state index contributed by atoms with van der Waals surface area (Å²) in [5, 5.41) is 0.468. The van der Waals surface area contributed by atoms with Crippen molar-refractivity contribution in [3.05, 3.63) is 55.9 Å². The van der Waals surface area contributed by atoms with Gasteiger partial charge in [0.05, 0.1) is 9.26 Å². The number of rotatable bonds is 2. The zero-order valence-corrected chi connectivity index (χ0v) is 12.0. The van der Waals surface area contributed by atoms with Gasteiger partial charge in [0.15, 0.2) is 0 Å². The molecule has 1 aromatic carbocycles. The SMILES string of the molecule is Cc1nc(Cc2ccc(F)cc2)nc(Cl)c1I. The van der Waals surface area contributed by atoms with Crippen LogP contribution in [0.2, 0.25) is 5.15 Å². The van der Waals surface area contributed by atoms with E-state index in [0.717, 1.165) is 14.8 Å². The van der Waals surface area contributed by atoms with E-state index >= 15 is 0 Å². The predicted molar refractivity (Wildman–Crippen MR) is 73.7 cm³/mol. The lowest BCUT2D eigenvalue weighted by molar-refractivity contribution is 0.627. The smallest absolute Gasteiger partial charge is 0.146 e. The standard InChI is InChI=1S/C12H9ClFIN2/c1-7-11(15)12(13)17-10(16-7)6-8-2-4-9(14)5-3-8/h2-5H,6H2,1H3. The van der Waals surface area contributed by atoms with E-state index in [4.69, 9.17) is 11.6 Å². The average molecular weight is 363 g/mol. The predicted octanol–water partition coefficient (Wildman–Crippen LogP) is 3.77. The minimum absolute atomic E-state index is 0.244. The van der Waals surface area contributed by atoms with Crippen molar-refractivity contribution < 1.29 is 4.39 Å². The molecule has 0 aliphatic rings. The van der Waals surface area contributed by atoms with Crippen LogP contribution < -0.4 is 0 Å². The van der Waals surface area contributed by atoms with Gasteiger partial charge in [-0.3, -0.25) is 0 Å². The highest BCUT2D eigenvalue weighted by Crippen LogP contribution is 2.19. The van der Waals surface area contributed by atoms with Crippen LogP contribution in [-0.4, -0.2) is 9.97 Å². The van der Waals surface area contributed by atoms with Crippen molar-refractivity contribution in [2.45, 2.75) is 13.3 Å². The second kappa shape index (κ2) is 5.27. The summed E-state index contributed by atoms with van der Waals surface area (Å²) < 4.78 is 13.6. The Morgan fingerprint density at radius 3 is 2.47 bits per heavy atom. The zero-order chi connectivity index (χ0) is 12.4. The Bertz CT molecular complexity index is 520. The van der Waals surface area contributed by atoms with Crippen molar-refractivity contribution in [1.29, 1.82) is 0 Å². The number of hydrogen-bond donors (Lipinski definition) is 0. The molecule has 0 aliphatic carbocycles. The quantitative estimate of drug-likeness (QED) is 0.600. The molecule has 0 bridgehead atoms. The Balaban J connectivity index is 2.27. The molecule has 1 aromatic heterocycles. The van der Waals surface area contributed by atoms with Crippen molar-refractivity contribution in [3.63, 3.8) is 0 Å². The van der Waals surface area contributed by atoms with Gasteiger partial charge < -0.3 is 0 Å². The van der Waals surface area contributed by atoms with Gasteiger partial charge in [-0.05, 0) is 47.2 Å². The van der Waals surface area contributed by atoms with Crippen molar-refractivity contribution in [1.82, 2.24) is 9.97 Å². The first-order chi connectivity index (χ1) is 8.06. The maximum Gasteiger partial charge on any atom is 0.146 e. The molecule has 0 fully saturated rings. The Morgan fingerprint density at radius 1 is 1.24 bits per heavy atom. The molecule has 2 rings (SSSR count). The molecule has 1 heterocycles. The fourth-order valence-corrected chi connectivity index (χ4v) is 1.92. The monoisotopic (exact) mass is 362 g/mol. The highest BCUT2D eigenvalue weighted by atomic mass is 127. The molecule has 0 amide bonds. The van der Waals surface area contributed by atoms with E-state index in [1.165, 1.54) is 12.1 Å². The number of nitrogens with zero attached hydrogens (tertiary/aromatic N) is 2. The molecule has 0 atom stereocenters. The van der Waals surface area contributed by atoms with E-state index in [9.17, 15) is 4.39 Å². The fourth-order valence-electron chi connectivity index (χ4n) is 1.44. The fraction of sp³-hybridized carbons (Fsp3) is 0.167. The van der Waals surface area contributed by atoms with Crippen LogP contribution in [0, 0.1) is 16.3 Å².